The van der Waals surface area contributed by atoms with Gasteiger partial charge in [0.15, 0.2) is 0 Å². The van der Waals surface area contributed by atoms with Gasteiger partial charge in [-0.1, -0.05) is 29.3 Å². The van der Waals surface area contributed by atoms with Gasteiger partial charge in [0.05, 0.1) is 0 Å². The first-order chi connectivity index (χ1) is 9.95. The van der Waals surface area contributed by atoms with Crippen LogP contribution in [0.3, 0.4) is 0 Å². The molecule has 0 radical (unpaired) electrons. The Morgan fingerprint density at radius 3 is 2.86 bits per heavy atom. The zero-order valence-corrected chi connectivity index (χ0v) is 14.3. The van der Waals surface area contributed by atoms with Crippen molar-refractivity contribution in [3.05, 3.63) is 33.8 Å². The van der Waals surface area contributed by atoms with Crippen LogP contribution in [-0.4, -0.2) is 33.6 Å². The zero-order chi connectivity index (χ0) is 15.4. The number of ether oxygens (including phenoxy) is 1. The van der Waals surface area contributed by atoms with E-state index in [9.17, 15) is 4.79 Å². The second-order valence-corrected chi connectivity index (χ2v) is 6.61. The van der Waals surface area contributed by atoms with Crippen LogP contribution in [0.2, 0.25) is 10.0 Å². The van der Waals surface area contributed by atoms with Crippen molar-refractivity contribution in [2.24, 2.45) is 0 Å². The number of nitrogens with zero attached hydrogens (tertiary/aromatic N) is 3. The number of carbonyl (C=O) groups is 1. The van der Waals surface area contributed by atoms with Crippen LogP contribution in [0.4, 0.5) is 4.79 Å². The highest BCUT2D eigenvalue weighted by atomic mass is 35.5. The van der Waals surface area contributed by atoms with Crippen LogP contribution in [0, 0.1) is 0 Å². The van der Waals surface area contributed by atoms with Crippen LogP contribution in [-0.2, 0) is 6.61 Å². The minimum Gasteiger partial charge on any atom is -0.464 e. The standard InChI is InChI=1S/C12H11Cl2N3O2S2/c1-17(2)12(18)20-10-15-11(21-16-10)19-6-7-3-4-8(13)5-9(7)14/h3-5H,6H2,1-2H3. The molecule has 0 aliphatic rings. The molecule has 0 atom stereocenters. The van der Waals surface area contributed by atoms with Gasteiger partial charge in [-0.2, -0.15) is 9.36 Å². The van der Waals surface area contributed by atoms with Gasteiger partial charge in [-0.25, -0.2) is 0 Å². The number of halogens is 2. The molecule has 5 nitrogen and oxygen atoms in total. The van der Waals surface area contributed by atoms with Crippen LogP contribution in [0.15, 0.2) is 23.4 Å². The van der Waals surface area contributed by atoms with Crippen molar-refractivity contribution in [2.45, 2.75) is 11.8 Å². The molecule has 1 amide bonds. The first kappa shape index (κ1) is 16.4. The van der Waals surface area contributed by atoms with Crippen molar-refractivity contribution in [2.75, 3.05) is 14.1 Å². The average molecular weight is 364 g/mol. The fraction of sp³-hybridized carbons (Fsp3) is 0.250. The summed E-state index contributed by atoms with van der Waals surface area (Å²) < 4.78 is 9.57. The second-order valence-electron chi connectivity index (χ2n) is 4.13. The summed E-state index contributed by atoms with van der Waals surface area (Å²) in [4.78, 5) is 17.1. The molecule has 1 heterocycles. The number of hydrogen-bond acceptors (Lipinski definition) is 6. The Hall–Kier alpha value is -1.02. The molecule has 1 aromatic heterocycles. The van der Waals surface area contributed by atoms with Gasteiger partial charge >= 0.3 is 0 Å². The normalized spacial score (nSPS) is 10.5. The lowest BCUT2D eigenvalue weighted by Gasteiger charge is -2.06. The summed E-state index contributed by atoms with van der Waals surface area (Å²) in [5, 5.41) is 1.72. The molecule has 21 heavy (non-hydrogen) atoms. The van der Waals surface area contributed by atoms with Crippen molar-refractivity contribution in [1.82, 2.24) is 14.3 Å². The van der Waals surface area contributed by atoms with Gasteiger partial charge in [-0.05, 0) is 12.1 Å². The van der Waals surface area contributed by atoms with Crippen LogP contribution in [0.1, 0.15) is 5.56 Å². The van der Waals surface area contributed by atoms with Crippen LogP contribution < -0.4 is 4.74 Å². The Balaban J connectivity index is 1.95. The lowest BCUT2D eigenvalue weighted by molar-refractivity contribution is 0.241. The molecule has 0 aliphatic carbocycles. The summed E-state index contributed by atoms with van der Waals surface area (Å²) in [5.41, 5.74) is 0.801. The first-order valence-corrected chi connectivity index (χ1v) is 8.10. The predicted octanol–water partition coefficient (Wildman–Crippen LogP) is 4.20. The van der Waals surface area contributed by atoms with Crippen LogP contribution in [0.5, 0.6) is 5.19 Å². The number of thioether (sulfide) groups is 1. The highest BCUT2D eigenvalue weighted by Crippen LogP contribution is 2.26. The largest absolute Gasteiger partial charge is 0.464 e. The van der Waals surface area contributed by atoms with E-state index in [0.29, 0.717) is 20.4 Å². The van der Waals surface area contributed by atoms with E-state index in [2.05, 4.69) is 9.36 Å². The fourth-order valence-electron chi connectivity index (χ4n) is 1.24. The molecule has 2 aromatic rings. The molecule has 0 saturated carbocycles. The van der Waals surface area contributed by atoms with Gasteiger partial charge in [0.1, 0.15) is 6.61 Å². The number of rotatable bonds is 4. The topological polar surface area (TPSA) is 55.3 Å². The minimum atomic E-state index is -0.139. The third kappa shape index (κ3) is 4.74. The van der Waals surface area contributed by atoms with Gasteiger partial charge in [0.2, 0.25) is 5.16 Å². The lowest BCUT2D eigenvalue weighted by atomic mass is 10.2. The first-order valence-electron chi connectivity index (χ1n) is 5.75. The summed E-state index contributed by atoms with van der Waals surface area (Å²) in [7, 11) is 3.34. The summed E-state index contributed by atoms with van der Waals surface area (Å²) in [6.07, 6.45) is 0. The molecule has 0 saturated heterocycles. The molecule has 0 aliphatic heterocycles. The van der Waals surface area contributed by atoms with E-state index in [0.717, 1.165) is 28.9 Å². The van der Waals surface area contributed by atoms with E-state index >= 15 is 0 Å². The predicted molar refractivity (Wildman–Crippen MR) is 85.6 cm³/mol. The molecule has 2 rings (SSSR count). The molecular weight excluding hydrogens is 353 g/mol. The molecule has 0 fully saturated rings. The highest BCUT2D eigenvalue weighted by Gasteiger charge is 2.13. The van der Waals surface area contributed by atoms with Gasteiger partial charge < -0.3 is 9.64 Å². The van der Waals surface area contributed by atoms with E-state index in [-0.39, 0.29) is 11.8 Å². The molecule has 0 N–H and O–H groups in total. The van der Waals surface area contributed by atoms with Crippen molar-refractivity contribution in [1.29, 1.82) is 0 Å². The van der Waals surface area contributed by atoms with Crippen LogP contribution in [0.25, 0.3) is 0 Å². The van der Waals surface area contributed by atoms with Crippen molar-refractivity contribution < 1.29 is 9.53 Å². The Morgan fingerprint density at radius 2 is 2.19 bits per heavy atom. The van der Waals surface area contributed by atoms with Gasteiger partial charge in [0.25, 0.3) is 10.4 Å². The highest BCUT2D eigenvalue weighted by molar-refractivity contribution is 8.13. The van der Waals surface area contributed by atoms with Crippen molar-refractivity contribution in [3.63, 3.8) is 0 Å². The smallest absolute Gasteiger partial charge is 0.294 e. The van der Waals surface area contributed by atoms with Gasteiger partial charge in [-0.3, -0.25) is 4.79 Å². The Morgan fingerprint density at radius 1 is 1.43 bits per heavy atom. The third-order valence-corrected chi connectivity index (χ3v) is 4.54. The average Bonchev–Trinajstić information content (AvgIpc) is 2.85. The van der Waals surface area contributed by atoms with Crippen molar-refractivity contribution in [3.8, 4) is 5.19 Å². The Bertz CT molecular complexity index is 649. The number of benzene rings is 1. The molecule has 0 bridgehead atoms. The van der Waals surface area contributed by atoms with Crippen LogP contribution >= 0.6 is 46.5 Å². The number of hydrogen-bond donors (Lipinski definition) is 0. The molecule has 0 spiro atoms. The van der Waals surface area contributed by atoms with E-state index in [1.54, 1.807) is 32.3 Å². The summed E-state index contributed by atoms with van der Waals surface area (Å²) in [6.45, 7) is 0.261. The molecular formula is C12H11Cl2N3O2S2. The number of amides is 1. The zero-order valence-electron chi connectivity index (χ0n) is 11.2. The summed E-state index contributed by atoms with van der Waals surface area (Å²) in [5.74, 6) is 0. The maximum absolute atomic E-state index is 11.5. The summed E-state index contributed by atoms with van der Waals surface area (Å²) >= 11 is 13.9. The van der Waals surface area contributed by atoms with Gasteiger partial charge in [0, 0.05) is 53.0 Å². The maximum atomic E-state index is 11.5. The molecule has 112 valence electrons. The maximum Gasteiger partial charge on any atom is 0.294 e. The number of carbonyl (C=O) groups excluding carboxylic acids is 1. The molecule has 1 aromatic carbocycles. The van der Waals surface area contributed by atoms with E-state index in [4.69, 9.17) is 27.9 Å². The van der Waals surface area contributed by atoms with Gasteiger partial charge in [-0.15, -0.1) is 0 Å². The SMILES string of the molecule is CN(C)C(=O)Sc1nsc(OCc2ccc(Cl)cc2Cl)n1. The second kappa shape index (κ2) is 7.31. The fourth-order valence-corrected chi connectivity index (χ4v) is 2.93. The molecule has 0 unspecified atom stereocenters. The third-order valence-electron chi connectivity index (χ3n) is 2.30. The van der Waals surface area contributed by atoms with E-state index in [1.807, 2.05) is 0 Å². The van der Waals surface area contributed by atoms with E-state index < -0.39 is 0 Å². The minimum absolute atomic E-state index is 0.139. The molecule has 9 heteroatoms. The summed E-state index contributed by atoms with van der Waals surface area (Å²) in [6, 6.07) is 5.18. The lowest BCUT2D eigenvalue weighted by Crippen LogP contribution is -2.16. The Labute approximate surface area is 140 Å². The Kier molecular flexibility index (Phi) is 5.69. The monoisotopic (exact) mass is 363 g/mol. The van der Waals surface area contributed by atoms with Crippen molar-refractivity contribution >= 4 is 51.7 Å². The van der Waals surface area contributed by atoms with E-state index in [1.165, 1.54) is 4.90 Å². The quantitative estimate of drug-likeness (QED) is 0.761. The number of aromatic nitrogens is 2.